The molecule has 0 heterocycles. The van der Waals surface area contributed by atoms with Crippen molar-refractivity contribution in [2.24, 2.45) is 91.7 Å². The van der Waals surface area contributed by atoms with Gasteiger partial charge in [0.2, 0.25) is 0 Å². The van der Waals surface area contributed by atoms with Gasteiger partial charge in [-0.2, -0.15) is 0 Å². The van der Waals surface area contributed by atoms with E-state index in [1.54, 1.807) is 0 Å². The summed E-state index contributed by atoms with van der Waals surface area (Å²) in [5, 5.41) is 0. The van der Waals surface area contributed by atoms with Crippen LogP contribution in [0.25, 0.3) is 0 Å². The molecule has 0 radical (unpaired) electrons. The number of hydrogen-bond donors (Lipinski definition) is 16. The lowest BCUT2D eigenvalue weighted by Crippen LogP contribution is -2.39. The van der Waals surface area contributed by atoms with E-state index in [9.17, 15) is 0 Å². The average Bonchev–Trinajstić information content (AvgIpc) is 0.780. The highest BCUT2D eigenvalue weighted by atomic mass is 14.8. The molecule has 0 aliphatic carbocycles. The lowest BCUT2D eigenvalue weighted by Gasteiger charge is -2.34. The molecule has 762 valence electrons. The van der Waals surface area contributed by atoms with Gasteiger partial charge in [0.05, 0.1) is 0 Å². The van der Waals surface area contributed by atoms with Gasteiger partial charge in [-0.3, -0.25) is 0 Å². The highest BCUT2D eigenvalue weighted by Gasteiger charge is 2.33. The molecule has 135 heavy (non-hydrogen) atoms. The highest BCUT2D eigenvalue weighted by molar-refractivity contribution is 5.39. The van der Waals surface area contributed by atoms with Crippen LogP contribution in [0.4, 0.5) is 0 Å². The zero-order valence-electron chi connectivity index (χ0n) is 89.9. The van der Waals surface area contributed by atoms with E-state index in [0.717, 1.165) is 217 Å². The molecule has 8 aromatic carbocycles. The maximum absolute atomic E-state index is 6.76. The van der Waals surface area contributed by atoms with Gasteiger partial charge in [0.15, 0.2) is 0 Å². The summed E-state index contributed by atoms with van der Waals surface area (Å²) >= 11 is 0. The largest absolute Gasteiger partial charge is 0.326 e. The van der Waals surface area contributed by atoms with Crippen LogP contribution in [0.3, 0.4) is 0 Å². The minimum atomic E-state index is -0.224. The van der Waals surface area contributed by atoms with E-state index in [1.807, 2.05) is 18.2 Å². The molecule has 8 aromatic rings. The van der Waals surface area contributed by atoms with Crippen LogP contribution in [0.1, 0.15) is 489 Å². The van der Waals surface area contributed by atoms with E-state index in [2.05, 4.69) is 328 Å². The molecule has 0 fully saturated rings. The fourth-order valence-corrected chi connectivity index (χ4v) is 18.5. The smallest absolute Gasteiger partial charge is 0.0409 e. The summed E-state index contributed by atoms with van der Waals surface area (Å²) in [6, 6.07) is 68.7. The highest BCUT2D eigenvalue weighted by Crippen LogP contribution is 2.39. The Morgan fingerprint density at radius 3 is 0.556 bits per heavy atom. The molecule has 0 aliphatic rings. The predicted octanol–water partition coefficient (Wildman–Crippen LogP) is 27.0. The predicted molar refractivity (Wildman–Crippen MR) is 593 cm³/mol. The van der Waals surface area contributed by atoms with Crippen molar-refractivity contribution in [3.8, 4) is 0 Å². The van der Waals surface area contributed by atoms with Crippen molar-refractivity contribution in [3.63, 3.8) is 0 Å². The summed E-state index contributed by atoms with van der Waals surface area (Å²) in [6.07, 6.45) is 34.1. The third-order valence-corrected chi connectivity index (χ3v) is 28.5. The van der Waals surface area contributed by atoms with Gasteiger partial charge in [0.1, 0.15) is 0 Å². The van der Waals surface area contributed by atoms with Gasteiger partial charge in [0, 0.05) is 93.7 Å². The Balaban J connectivity index is 0.000000774. The molecule has 0 aliphatic heterocycles. The van der Waals surface area contributed by atoms with Crippen LogP contribution in [-0.2, 0) is 57.4 Å². The van der Waals surface area contributed by atoms with Gasteiger partial charge in [-0.05, 0) is 230 Å². The Bertz CT molecular complexity index is 4220. The first-order chi connectivity index (χ1) is 64.2. The number of benzene rings is 8. The van der Waals surface area contributed by atoms with Crippen LogP contribution in [0.5, 0.6) is 0 Å². The maximum atomic E-state index is 6.76. The summed E-state index contributed by atoms with van der Waals surface area (Å²) < 4.78 is 0. The molecular formula is C119H206N16. The molecule has 6 atom stereocenters. The Kier molecular flexibility index (Phi) is 62.3. The molecule has 16 heteroatoms. The Labute approximate surface area is 827 Å². The Hall–Kier alpha value is -6.88. The number of hydrogen-bond acceptors (Lipinski definition) is 16. The first-order valence-electron chi connectivity index (χ1n) is 53.3. The van der Waals surface area contributed by atoms with Gasteiger partial charge in [0.25, 0.3) is 0 Å². The van der Waals surface area contributed by atoms with Crippen molar-refractivity contribution in [2.45, 2.75) is 458 Å². The van der Waals surface area contributed by atoms with Crippen LogP contribution in [0, 0.1) is 0 Å². The summed E-state index contributed by atoms with van der Waals surface area (Å²) in [5.74, 6) is 0. The van der Waals surface area contributed by atoms with Crippen LogP contribution in [-0.4, -0.2) is 0 Å². The minimum Gasteiger partial charge on any atom is -0.326 e. The summed E-state index contributed by atoms with van der Waals surface area (Å²) in [4.78, 5) is 0. The van der Waals surface area contributed by atoms with Crippen molar-refractivity contribution >= 4 is 0 Å². The third-order valence-electron chi connectivity index (χ3n) is 28.5. The monoisotopic (exact) mass is 1860 g/mol. The summed E-state index contributed by atoms with van der Waals surface area (Å²) in [6.45, 7) is 48.7. The van der Waals surface area contributed by atoms with Crippen LogP contribution in [0.15, 0.2) is 194 Å². The van der Waals surface area contributed by atoms with Crippen LogP contribution < -0.4 is 91.7 Å². The Morgan fingerprint density at radius 1 is 0.185 bits per heavy atom. The van der Waals surface area contributed by atoms with Crippen molar-refractivity contribution in [2.75, 3.05) is 0 Å². The van der Waals surface area contributed by atoms with Crippen molar-refractivity contribution in [1.29, 1.82) is 0 Å². The zero-order chi connectivity index (χ0) is 102. The van der Waals surface area contributed by atoms with Gasteiger partial charge < -0.3 is 91.7 Å². The lowest BCUT2D eigenvalue weighted by molar-refractivity contribution is 0.357. The Morgan fingerprint density at radius 2 is 0.348 bits per heavy atom. The topological polar surface area (TPSA) is 416 Å². The molecule has 32 N–H and O–H groups in total. The van der Waals surface area contributed by atoms with E-state index in [0.29, 0.717) is 13.1 Å². The summed E-state index contributed by atoms with van der Waals surface area (Å²) in [7, 11) is 0. The van der Waals surface area contributed by atoms with Crippen molar-refractivity contribution in [1.82, 2.24) is 0 Å². The zero-order valence-corrected chi connectivity index (χ0v) is 89.9. The van der Waals surface area contributed by atoms with E-state index < -0.39 is 0 Å². The second kappa shape index (κ2) is 66.7. The molecule has 0 saturated carbocycles. The standard InChI is InChI=1S/C20H36N2.C17H30N2.C16H28N2.3C14H24N2.2C12H20N2/c1-5-12-19(21,13-6-2)17-10-9-11-18(16-17)20(22,14-7-3)15-8-4;1-4-8-16(18)14-9-7-10-15(13-14)17(19,11-5-2)12-6-3;1-5-15(17,6-2)13-10-9-11-14(12-13)16(18,7-3)8-4;1-4-13(15)11-8-7-9-12(10-11)14(16,5-2)6-3;1-3-8-14(16,9-4-2)13-7-5-6-12(10-13)11-15;1-3-6-13(15)11-8-5-9-12(10-11)14(16)7-4-2;1-3-12(14,4-2)11-7-5-6-10(8-11)9-13;1-3-11(13)9-6-5-7-10(8-9)12(14)4-2/h9-11,16H,5-8,12-15,21-22H2,1-4H3;7,9-10,13,16H,4-6,8,11-12,18-19H2,1-3H3;9-12H,5-8,17-18H2,1-4H3;7-10,13H,4-6,15-16H2,1-3H3;5-7,10H,3-4,8-9,11,15-16H2,1-2H3;5,8-10,13-14H,3-4,6-7,15-16H2,1-2H3;5-8H,3-4,9,13-14H2,1-2H3;5-8,11-12H,3-4,13-14H2,1-2H3. The molecule has 6 unspecified atom stereocenters. The van der Waals surface area contributed by atoms with Gasteiger partial charge in [-0.25, -0.2) is 0 Å². The SMILES string of the molecule is CCC(N)(CC)c1cccc(C(N)(CC)CC)c1.CCC(N)(CC)c1cccc(CN)c1.CCC(N)c1cccc(C(N)(CC)CC)c1.CCC(N)c1cccc(C(N)CC)c1.CCCC(N)(CCC)c1cccc(C(N)(CCC)CCC)c1.CCCC(N)(CCC)c1cccc(CN)c1.CCCC(N)c1cccc(C(N)(CCC)CCC)c1.CCCC(N)c1cccc(C(N)CCC)c1. The van der Waals surface area contributed by atoms with E-state index in [4.69, 9.17) is 91.7 Å². The maximum Gasteiger partial charge on any atom is 0.0409 e. The van der Waals surface area contributed by atoms with Crippen LogP contribution in [0.2, 0.25) is 0 Å². The second-order valence-electron chi connectivity index (χ2n) is 38.9. The average molecular weight is 1860 g/mol. The van der Waals surface area contributed by atoms with Crippen LogP contribution >= 0.6 is 0 Å². The fourth-order valence-electron chi connectivity index (χ4n) is 18.5. The van der Waals surface area contributed by atoms with Gasteiger partial charge >= 0.3 is 0 Å². The van der Waals surface area contributed by atoms with E-state index in [-0.39, 0.29) is 80.6 Å². The van der Waals surface area contributed by atoms with Crippen molar-refractivity contribution in [3.05, 3.63) is 283 Å². The third kappa shape index (κ3) is 41.1. The lowest BCUT2D eigenvalue weighted by atomic mass is 9.78. The van der Waals surface area contributed by atoms with Crippen molar-refractivity contribution < 1.29 is 0 Å². The van der Waals surface area contributed by atoms with Gasteiger partial charge in [-0.1, -0.05) is 417 Å². The number of nitrogens with two attached hydrogens (primary N) is 16. The summed E-state index contributed by atoms with van der Waals surface area (Å²) in [5.41, 5.74) is 118. The molecule has 16 nitrogen and oxygen atoms in total. The second-order valence-corrected chi connectivity index (χ2v) is 38.9. The molecule has 0 saturated heterocycles. The normalized spacial score (nSPS) is 13.2. The molecule has 0 aromatic heterocycles. The first-order valence-corrected chi connectivity index (χ1v) is 53.3. The molecule has 0 bridgehead atoms. The quantitative estimate of drug-likeness (QED) is 0.0168. The fraction of sp³-hybridized carbons (Fsp3) is 0.597. The first kappa shape index (κ1) is 126. The molecule has 0 amide bonds. The molecular weight excluding hydrogens is 1650 g/mol. The number of rotatable bonds is 49. The molecule has 0 spiro atoms. The van der Waals surface area contributed by atoms with Gasteiger partial charge in [-0.15, -0.1) is 0 Å². The minimum absolute atomic E-state index is 0.123. The van der Waals surface area contributed by atoms with E-state index in [1.165, 1.54) is 83.5 Å². The molecule has 8 rings (SSSR count). The van der Waals surface area contributed by atoms with E-state index >= 15 is 0 Å².